The second-order valence-corrected chi connectivity index (χ2v) is 8.92. The van der Waals surface area contributed by atoms with Gasteiger partial charge in [0.05, 0.1) is 4.91 Å². The van der Waals surface area contributed by atoms with Gasteiger partial charge in [-0.05, 0) is 79.9 Å². The van der Waals surface area contributed by atoms with Crippen LogP contribution >= 0.6 is 11.8 Å². The molecule has 1 N–H and O–H groups in total. The third-order valence-electron chi connectivity index (χ3n) is 5.48. The molecular weight excluding hydrogens is 410 g/mol. The number of carbonyl (C=O) groups excluding carboxylic acids is 3. The first-order valence-corrected chi connectivity index (χ1v) is 11.2. The number of nitrogens with zero attached hydrogens (tertiary/aromatic N) is 2. The molecule has 2 aromatic carbocycles. The highest BCUT2D eigenvalue weighted by Gasteiger charge is 2.36. The molecule has 160 valence electrons. The lowest BCUT2D eigenvalue weighted by molar-refractivity contribution is -0.127. The van der Waals surface area contributed by atoms with Gasteiger partial charge in [0.2, 0.25) is 5.91 Å². The summed E-state index contributed by atoms with van der Waals surface area (Å²) in [5, 5.41) is 2.29. The number of thioether (sulfide) groups is 1. The number of amides is 3. The summed E-state index contributed by atoms with van der Waals surface area (Å²) in [6, 6.07) is 13.4. The summed E-state index contributed by atoms with van der Waals surface area (Å²) in [6.07, 6.45) is 4.15. The van der Waals surface area contributed by atoms with Crippen LogP contribution in [0, 0.1) is 13.8 Å². The summed E-state index contributed by atoms with van der Waals surface area (Å²) in [6.45, 7) is 5.86. The van der Waals surface area contributed by atoms with Gasteiger partial charge in [0, 0.05) is 24.5 Å². The van der Waals surface area contributed by atoms with Gasteiger partial charge in [0.15, 0.2) is 0 Å². The molecule has 3 amide bonds. The first-order chi connectivity index (χ1) is 14.9. The van der Waals surface area contributed by atoms with E-state index in [0.29, 0.717) is 10.6 Å². The minimum atomic E-state index is -0.435. The van der Waals surface area contributed by atoms with E-state index >= 15 is 0 Å². The highest BCUT2D eigenvalue weighted by Crippen LogP contribution is 2.33. The molecule has 2 aliphatic rings. The van der Waals surface area contributed by atoms with E-state index < -0.39 is 17.1 Å². The molecule has 7 heteroatoms. The topological polar surface area (TPSA) is 69.7 Å². The highest BCUT2D eigenvalue weighted by molar-refractivity contribution is 8.18. The summed E-state index contributed by atoms with van der Waals surface area (Å²) in [5.41, 5.74) is 4.95. The van der Waals surface area contributed by atoms with Crippen molar-refractivity contribution in [2.24, 2.45) is 0 Å². The van der Waals surface area contributed by atoms with Crippen LogP contribution in [0.1, 0.15) is 29.5 Å². The molecule has 2 saturated heterocycles. The van der Waals surface area contributed by atoms with Crippen molar-refractivity contribution >= 4 is 46.3 Å². The average molecular weight is 436 g/mol. The van der Waals surface area contributed by atoms with Gasteiger partial charge in [-0.3, -0.25) is 19.3 Å². The van der Waals surface area contributed by atoms with Crippen LogP contribution in [0.4, 0.5) is 16.2 Å². The number of hydrogen-bond donors (Lipinski definition) is 1. The zero-order valence-corrected chi connectivity index (χ0v) is 18.5. The Bertz CT molecular complexity index is 1060. The van der Waals surface area contributed by atoms with Crippen LogP contribution in [0.5, 0.6) is 0 Å². The van der Waals surface area contributed by atoms with Crippen molar-refractivity contribution in [2.45, 2.75) is 26.7 Å². The van der Waals surface area contributed by atoms with Gasteiger partial charge < -0.3 is 10.2 Å². The summed E-state index contributed by atoms with van der Waals surface area (Å²) in [5.74, 6) is -0.839. The predicted octanol–water partition coefficient (Wildman–Crippen LogP) is 4.58. The Morgan fingerprint density at radius 3 is 2.45 bits per heavy atom. The van der Waals surface area contributed by atoms with E-state index in [9.17, 15) is 14.4 Å². The number of anilines is 2. The molecule has 6 nitrogen and oxygen atoms in total. The monoisotopic (exact) mass is 435 g/mol. The van der Waals surface area contributed by atoms with Crippen LogP contribution < -0.4 is 10.2 Å². The van der Waals surface area contributed by atoms with Crippen molar-refractivity contribution in [3.8, 4) is 0 Å². The van der Waals surface area contributed by atoms with E-state index in [1.807, 2.05) is 31.2 Å². The fourth-order valence-electron chi connectivity index (χ4n) is 3.85. The van der Waals surface area contributed by atoms with E-state index in [1.165, 1.54) is 18.5 Å². The number of carbonyl (C=O) groups is 3. The molecule has 0 radical (unpaired) electrons. The zero-order valence-electron chi connectivity index (χ0n) is 17.7. The molecule has 2 aliphatic heterocycles. The smallest absolute Gasteiger partial charge is 0.294 e. The molecular formula is C24H25N3O3S. The molecule has 0 bridgehead atoms. The molecule has 0 unspecified atom stereocenters. The maximum atomic E-state index is 12.7. The maximum absolute atomic E-state index is 12.7. The Balaban J connectivity index is 1.43. The standard InChI is InChI=1S/C24H25N3O3S/c1-16-5-8-19(9-6-16)25-22(28)15-27-23(29)21(31-24(27)30)14-18-7-10-20(17(2)13-18)26-11-3-4-12-26/h5-10,13-14H,3-4,11-12,15H2,1-2H3,(H,25,28)/b21-14-. The van der Waals surface area contributed by atoms with Gasteiger partial charge >= 0.3 is 0 Å². The Labute approximate surface area is 186 Å². The lowest BCUT2D eigenvalue weighted by Crippen LogP contribution is -2.36. The Hall–Kier alpha value is -3.06. The van der Waals surface area contributed by atoms with Gasteiger partial charge in [-0.15, -0.1) is 0 Å². The molecule has 4 rings (SSSR count). The number of imide groups is 1. The Morgan fingerprint density at radius 2 is 1.77 bits per heavy atom. The van der Waals surface area contributed by atoms with E-state index in [4.69, 9.17) is 0 Å². The van der Waals surface area contributed by atoms with Gasteiger partial charge in [-0.1, -0.05) is 23.8 Å². The third-order valence-corrected chi connectivity index (χ3v) is 6.38. The normalized spacial score (nSPS) is 17.7. The van der Waals surface area contributed by atoms with Crippen molar-refractivity contribution in [2.75, 3.05) is 29.9 Å². The second kappa shape index (κ2) is 8.98. The summed E-state index contributed by atoms with van der Waals surface area (Å²) >= 11 is 0.870. The predicted molar refractivity (Wildman–Crippen MR) is 125 cm³/mol. The van der Waals surface area contributed by atoms with Crippen LogP contribution in [0.3, 0.4) is 0 Å². The Kier molecular flexibility index (Phi) is 6.13. The van der Waals surface area contributed by atoms with Gasteiger partial charge in [0.25, 0.3) is 11.1 Å². The van der Waals surface area contributed by atoms with Gasteiger partial charge in [-0.2, -0.15) is 0 Å². The van der Waals surface area contributed by atoms with Crippen molar-refractivity contribution in [1.29, 1.82) is 0 Å². The van der Waals surface area contributed by atoms with E-state index in [1.54, 1.807) is 18.2 Å². The van der Waals surface area contributed by atoms with Crippen molar-refractivity contribution in [3.63, 3.8) is 0 Å². The lowest BCUT2D eigenvalue weighted by atomic mass is 10.1. The van der Waals surface area contributed by atoms with E-state index in [-0.39, 0.29) is 6.54 Å². The van der Waals surface area contributed by atoms with Crippen LogP contribution in [-0.4, -0.2) is 41.6 Å². The first-order valence-electron chi connectivity index (χ1n) is 10.4. The highest BCUT2D eigenvalue weighted by atomic mass is 32.2. The summed E-state index contributed by atoms with van der Waals surface area (Å²) in [7, 11) is 0. The van der Waals surface area contributed by atoms with E-state index in [0.717, 1.165) is 46.4 Å². The first kappa shape index (κ1) is 21.2. The Morgan fingerprint density at radius 1 is 1.06 bits per heavy atom. The van der Waals surface area contributed by atoms with Crippen molar-refractivity contribution in [3.05, 3.63) is 64.1 Å². The van der Waals surface area contributed by atoms with Crippen molar-refractivity contribution in [1.82, 2.24) is 4.90 Å². The van der Waals surface area contributed by atoms with Crippen LogP contribution in [0.15, 0.2) is 47.4 Å². The summed E-state index contributed by atoms with van der Waals surface area (Å²) < 4.78 is 0. The van der Waals surface area contributed by atoms with E-state index in [2.05, 4.69) is 23.2 Å². The van der Waals surface area contributed by atoms with Crippen LogP contribution in [-0.2, 0) is 9.59 Å². The van der Waals surface area contributed by atoms with Gasteiger partial charge in [-0.25, -0.2) is 0 Å². The quantitative estimate of drug-likeness (QED) is 0.697. The molecule has 0 aliphatic carbocycles. The minimum Gasteiger partial charge on any atom is -0.371 e. The number of rotatable bonds is 5. The molecule has 0 atom stereocenters. The molecule has 2 aromatic rings. The fraction of sp³-hybridized carbons (Fsp3) is 0.292. The molecule has 2 heterocycles. The minimum absolute atomic E-state index is 0.303. The third kappa shape index (κ3) is 4.82. The van der Waals surface area contributed by atoms with Crippen LogP contribution in [0.25, 0.3) is 6.08 Å². The lowest BCUT2D eigenvalue weighted by Gasteiger charge is -2.20. The number of benzene rings is 2. The SMILES string of the molecule is Cc1ccc(NC(=O)CN2C(=O)S/C(=C\c3ccc(N4CCCC4)c(C)c3)C2=O)cc1. The number of aryl methyl sites for hydroxylation is 2. The molecule has 0 saturated carbocycles. The van der Waals surface area contributed by atoms with Crippen LogP contribution in [0.2, 0.25) is 0 Å². The molecule has 31 heavy (non-hydrogen) atoms. The van der Waals surface area contributed by atoms with Crippen molar-refractivity contribution < 1.29 is 14.4 Å². The average Bonchev–Trinajstić information content (AvgIpc) is 3.35. The largest absolute Gasteiger partial charge is 0.371 e. The van der Waals surface area contributed by atoms with Gasteiger partial charge in [0.1, 0.15) is 6.54 Å². The molecule has 2 fully saturated rings. The fourth-order valence-corrected chi connectivity index (χ4v) is 4.69. The maximum Gasteiger partial charge on any atom is 0.294 e. The summed E-state index contributed by atoms with van der Waals surface area (Å²) in [4.78, 5) is 41.1. The number of nitrogens with one attached hydrogen (secondary N) is 1. The zero-order chi connectivity index (χ0) is 22.0. The second-order valence-electron chi connectivity index (χ2n) is 7.92. The number of hydrogen-bond acceptors (Lipinski definition) is 5. The molecule has 0 spiro atoms. The molecule has 0 aromatic heterocycles.